The quantitative estimate of drug-likeness (QED) is 0.753. The number of imidazole rings is 1. The van der Waals surface area contributed by atoms with Crippen LogP contribution in [0.2, 0.25) is 5.02 Å². The Labute approximate surface area is 180 Å². The highest BCUT2D eigenvalue weighted by atomic mass is 35.5. The number of aromatic amines is 1. The number of rotatable bonds is 5. The number of likely N-dealkylation sites (tertiary alicyclic amines) is 1. The number of hydrogen-bond acceptors (Lipinski definition) is 5. The number of methoxy groups -OCH3 is 1. The van der Waals surface area contributed by atoms with Crippen molar-refractivity contribution in [3.8, 4) is 17.3 Å². The first-order valence-electron chi connectivity index (χ1n) is 9.75. The molecule has 0 aliphatic carbocycles. The first kappa shape index (κ1) is 21.7. The number of hydrogen-bond donors (Lipinski definition) is 2. The van der Waals surface area contributed by atoms with Crippen LogP contribution in [0.5, 0.6) is 0 Å². The molecule has 158 valence electrons. The molecule has 0 spiro atoms. The van der Waals surface area contributed by atoms with Crippen molar-refractivity contribution in [2.24, 2.45) is 5.92 Å². The van der Waals surface area contributed by atoms with Gasteiger partial charge in [-0.05, 0) is 30.9 Å². The van der Waals surface area contributed by atoms with Gasteiger partial charge >= 0.3 is 6.09 Å². The number of H-pyrrole nitrogens is 1. The van der Waals surface area contributed by atoms with Gasteiger partial charge in [0.25, 0.3) is 0 Å². The average Bonchev–Trinajstić information content (AvgIpc) is 3.40. The van der Waals surface area contributed by atoms with Gasteiger partial charge in [0.2, 0.25) is 5.91 Å². The molecule has 1 aromatic carbocycles. The second-order valence-corrected chi connectivity index (χ2v) is 7.97. The van der Waals surface area contributed by atoms with Crippen LogP contribution < -0.4 is 5.32 Å². The lowest BCUT2D eigenvalue weighted by Gasteiger charge is -2.30. The van der Waals surface area contributed by atoms with Crippen molar-refractivity contribution < 1.29 is 14.3 Å². The predicted octanol–water partition coefficient (Wildman–Crippen LogP) is 3.65. The number of halogens is 1. The molecule has 3 rings (SSSR count). The molecule has 2 atom stereocenters. The molecule has 0 unspecified atom stereocenters. The van der Waals surface area contributed by atoms with Crippen LogP contribution >= 0.6 is 11.6 Å². The fraction of sp³-hybridized carbons (Fsp3) is 0.429. The summed E-state index contributed by atoms with van der Waals surface area (Å²) in [6.45, 7) is 4.33. The summed E-state index contributed by atoms with van der Waals surface area (Å²) >= 11 is 5.99. The molecule has 2 amide bonds. The van der Waals surface area contributed by atoms with Gasteiger partial charge in [0, 0.05) is 17.1 Å². The molecule has 9 heteroatoms. The van der Waals surface area contributed by atoms with Gasteiger partial charge in [-0.15, -0.1) is 0 Å². The third kappa shape index (κ3) is 4.41. The van der Waals surface area contributed by atoms with Crippen molar-refractivity contribution in [3.05, 3.63) is 40.8 Å². The number of nitrogens with one attached hydrogen (secondary N) is 2. The summed E-state index contributed by atoms with van der Waals surface area (Å²) < 4.78 is 4.66. The molecule has 1 fully saturated rings. The third-order valence-electron chi connectivity index (χ3n) is 5.23. The lowest BCUT2D eigenvalue weighted by atomic mass is 10.0. The number of carbonyl (C=O) groups excluding carboxylic acids is 2. The maximum absolute atomic E-state index is 13.2. The molecule has 8 nitrogen and oxygen atoms in total. The van der Waals surface area contributed by atoms with Gasteiger partial charge in [-0.2, -0.15) is 5.26 Å². The van der Waals surface area contributed by atoms with Crippen LogP contribution in [0.25, 0.3) is 11.3 Å². The van der Waals surface area contributed by atoms with Crippen LogP contribution in [0, 0.1) is 17.2 Å². The third-order valence-corrected chi connectivity index (χ3v) is 5.47. The van der Waals surface area contributed by atoms with Gasteiger partial charge in [-0.1, -0.05) is 31.5 Å². The minimum absolute atomic E-state index is 0.0998. The lowest BCUT2D eigenvalue weighted by molar-refractivity contribution is -0.135. The van der Waals surface area contributed by atoms with Gasteiger partial charge in [0.05, 0.1) is 36.7 Å². The molecule has 0 radical (unpaired) electrons. The lowest BCUT2D eigenvalue weighted by Crippen LogP contribution is -2.51. The van der Waals surface area contributed by atoms with E-state index in [0.717, 1.165) is 12.8 Å². The molecule has 0 saturated carbocycles. The Bertz CT molecular complexity index is 981. The van der Waals surface area contributed by atoms with Crippen molar-refractivity contribution in [2.75, 3.05) is 13.7 Å². The summed E-state index contributed by atoms with van der Waals surface area (Å²) in [5.74, 6) is 0.382. The molecule has 2 aromatic rings. The van der Waals surface area contributed by atoms with Crippen LogP contribution in [0.15, 0.2) is 24.4 Å². The van der Waals surface area contributed by atoms with Crippen LogP contribution in [0.4, 0.5) is 4.79 Å². The number of ether oxygens (including phenoxy) is 1. The van der Waals surface area contributed by atoms with Crippen molar-refractivity contribution in [1.82, 2.24) is 20.2 Å². The molecular formula is C21H24ClN5O3. The van der Waals surface area contributed by atoms with E-state index in [1.54, 1.807) is 29.3 Å². The Hall–Kier alpha value is -3.05. The largest absolute Gasteiger partial charge is 0.453 e. The summed E-state index contributed by atoms with van der Waals surface area (Å²) in [7, 11) is 1.27. The SMILES string of the molecule is COC(=O)N[C@H](C(=O)N1CCC[C@H]1c1ncc(-c2ccc(Cl)cc2C#N)[nH]1)C(C)C. The summed E-state index contributed by atoms with van der Waals surface area (Å²) in [6, 6.07) is 6.32. The Morgan fingerprint density at radius 1 is 1.43 bits per heavy atom. The maximum atomic E-state index is 13.2. The van der Waals surface area contributed by atoms with E-state index in [1.807, 2.05) is 13.8 Å². The van der Waals surface area contributed by atoms with E-state index in [1.165, 1.54) is 7.11 Å². The fourth-order valence-electron chi connectivity index (χ4n) is 3.68. The second kappa shape index (κ2) is 9.18. The normalized spacial score (nSPS) is 16.9. The molecule has 1 aliphatic rings. The van der Waals surface area contributed by atoms with Gasteiger partial charge in [0.1, 0.15) is 11.9 Å². The maximum Gasteiger partial charge on any atom is 0.407 e. The topological polar surface area (TPSA) is 111 Å². The minimum atomic E-state index is -0.686. The number of alkyl carbamates (subject to hydrolysis) is 1. The van der Waals surface area contributed by atoms with Crippen LogP contribution in [-0.4, -0.2) is 46.6 Å². The Balaban J connectivity index is 1.85. The Morgan fingerprint density at radius 2 is 2.20 bits per heavy atom. The highest BCUT2D eigenvalue weighted by molar-refractivity contribution is 6.30. The van der Waals surface area contributed by atoms with E-state index >= 15 is 0 Å². The predicted molar refractivity (Wildman–Crippen MR) is 112 cm³/mol. The highest BCUT2D eigenvalue weighted by Gasteiger charge is 2.37. The summed E-state index contributed by atoms with van der Waals surface area (Å²) in [5.41, 5.74) is 1.83. The van der Waals surface area contributed by atoms with Crippen molar-refractivity contribution in [1.29, 1.82) is 5.26 Å². The average molecular weight is 430 g/mol. The number of amides is 2. The summed E-state index contributed by atoms with van der Waals surface area (Å²) in [4.78, 5) is 34.4. The van der Waals surface area contributed by atoms with E-state index in [9.17, 15) is 14.9 Å². The van der Waals surface area contributed by atoms with Gasteiger partial charge in [-0.3, -0.25) is 4.79 Å². The number of nitrogens with zero attached hydrogens (tertiary/aromatic N) is 3. The number of carbonyl (C=O) groups is 2. The van der Waals surface area contributed by atoms with Crippen LogP contribution in [0.3, 0.4) is 0 Å². The monoisotopic (exact) mass is 429 g/mol. The fourth-order valence-corrected chi connectivity index (χ4v) is 3.85. The molecule has 1 saturated heterocycles. The van der Waals surface area contributed by atoms with Crippen LogP contribution in [-0.2, 0) is 9.53 Å². The minimum Gasteiger partial charge on any atom is -0.453 e. The van der Waals surface area contributed by atoms with Crippen molar-refractivity contribution in [2.45, 2.75) is 38.8 Å². The van der Waals surface area contributed by atoms with Crippen LogP contribution in [0.1, 0.15) is 44.1 Å². The highest BCUT2D eigenvalue weighted by Crippen LogP contribution is 2.33. The summed E-state index contributed by atoms with van der Waals surface area (Å²) in [5, 5.41) is 12.5. The molecule has 1 aromatic heterocycles. The zero-order chi connectivity index (χ0) is 21.8. The van der Waals surface area contributed by atoms with E-state index in [-0.39, 0.29) is 17.9 Å². The van der Waals surface area contributed by atoms with Gasteiger partial charge in [-0.25, -0.2) is 9.78 Å². The Morgan fingerprint density at radius 3 is 2.87 bits per heavy atom. The standard InChI is InChI=1S/C21H24ClN5O3/c1-12(2)18(26-21(29)30-3)20(28)27-8-4-5-17(27)19-24-11-16(25-19)15-7-6-14(22)9-13(15)10-23/h6-7,9,11-12,17-18H,4-5,8H2,1-3H3,(H,24,25)(H,26,29)/t17-,18-/m0/s1. The molecule has 30 heavy (non-hydrogen) atoms. The summed E-state index contributed by atoms with van der Waals surface area (Å²) in [6.07, 6.45) is 2.62. The van der Waals surface area contributed by atoms with Gasteiger partial charge < -0.3 is 19.9 Å². The zero-order valence-corrected chi connectivity index (χ0v) is 17.9. The first-order chi connectivity index (χ1) is 14.3. The molecule has 2 N–H and O–H groups in total. The molecule has 2 heterocycles. The number of aromatic nitrogens is 2. The smallest absolute Gasteiger partial charge is 0.407 e. The van der Waals surface area contributed by atoms with E-state index in [0.29, 0.717) is 34.2 Å². The van der Waals surface area contributed by atoms with Crippen molar-refractivity contribution in [3.63, 3.8) is 0 Å². The Kier molecular flexibility index (Phi) is 6.63. The van der Waals surface area contributed by atoms with E-state index < -0.39 is 12.1 Å². The first-order valence-corrected chi connectivity index (χ1v) is 10.1. The molecular weight excluding hydrogens is 406 g/mol. The number of benzene rings is 1. The molecule has 1 aliphatic heterocycles. The van der Waals surface area contributed by atoms with E-state index in [2.05, 4.69) is 26.1 Å². The van der Waals surface area contributed by atoms with E-state index in [4.69, 9.17) is 11.6 Å². The number of nitriles is 1. The molecule has 0 bridgehead atoms. The second-order valence-electron chi connectivity index (χ2n) is 7.53. The zero-order valence-electron chi connectivity index (χ0n) is 17.1. The van der Waals surface area contributed by atoms with Crippen molar-refractivity contribution >= 4 is 23.6 Å². The van der Waals surface area contributed by atoms with Gasteiger partial charge in [0.15, 0.2) is 0 Å².